The molecule has 2 aromatic rings. The van der Waals surface area contributed by atoms with Crippen LogP contribution < -0.4 is 5.32 Å². The average Bonchev–Trinajstić information content (AvgIpc) is 2.77. The summed E-state index contributed by atoms with van der Waals surface area (Å²) in [5.41, 5.74) is 2.78. The van der Waals surface area contributed by atoms with Gasteiger partial charge in [-0.05, 0) is 31.5 Å². The van der Waals surface area contributed by atoms with Crippen molar-refractivity contribution in [2.45, 2.75) is 26.9 Å². The first-order valence-corrected chi connectivity index (χ1v) is 6.37. The number of hydrogen-bond acceptors (Lipinski definition) is 4. The van der Waals surface area contributed by atoms with Gasteiger partial charge in [0.1, 0.15) is 5.76 Å². The lowest BCUT2D eigenvalue weighted by molar-refractivity contribution is 0.206. The number of aromatic nitrogens is 2. The van der Waals surface area contributed by atoms with Gasteiger partial charge in [-0.3, -0.25) is 4.98 Å². The van der Waals surface area contributed by atoms with Crippen LogP contribution in [0.15, 0.2) is 29.0 Å². The van der Waals surface area contributed by atoms with Gasteiger partial charge in [-0.25, -0.2) is 4.79 Å². The van der Waals surface area contributed by atoms with Crippen LogP contribution in [-0.2, 0) is 13.1 Å². The predicted octanol–water partition coefficient (Wildman–Crippen LogP) is 2.03. The van der Waals surface area contributed by atoms with Gasteiger partial charge in [0, 0.05) is 31.5 Å². The third-order valence-electron chi connectivity index (χ3n) is 3.12. The van der Waals surface area contributed by atoms with Crippen LogP contribution in [-0.4, -0.2) is 28.1 Å². The molecule has 0 aliphatic rings. The van der Waals surface area contributed by atoms with Gasteiger partial charge in [0.15, 0.2) is 0 Å². The Morgan fingerprint density at radius 3 is 2.65 bits per heavy atom. The molecule has 1 N–H and O–H groups in total. The number of amides is 2. The Morgan fingerprint density at radius 1 is 1.35 bits per heavy atom. The first-order valence-electron chi connectivity index (χ1n) is 6.37. The molecular weight excluding hydrogens is 256 g/mol. The van der Waals surface area contributed by atoms with Gasteiger partial charge in [0.2, 0.25) is 0 Å². The summed E-state index contributed by atoms with van der Waals surface area (Å²) in [6.07, 6.45) is 3.41. The van der Waals surface area contributed by atoms with Crippen LogP contribution in [0.5, 0.6) is 0 Å². The van der Waals surface area contributed by atoms with Crippen molar-refractivity contribution in [1.29, 1.82) is 0 Å². The monoisotopic (exact) mass is 274 g/mol. The van der Waals surface area contributed by atoms with E-state index in [2.05, 4.69) is 15.5 Å². The van der Waals surface area contributed by atoms with Crippen LogP contribution in [0, 0.1) is 13.8 Å². The van der Waals surface area contributed by atoms with Crippen molar-refractivity contribution in [3.8, 4) is 0 Å². The maximum Gasteiger partial charge on any atom is 0.317 e. The highest BCUT2D eigenvalue weighted by Gasteiger charge is 2.14. The first kappa shape index (κ1) is 14.0. The molecule has 2 aromatic heterocycles. The Bertz CT molecular complexity index is 561. The summed E-state index contributed by atoms with van der Waals surface area (Å²) in [6, 6.07) is 3.60. The molecule has 2 heterocycles. The van der Waals surface area contributed by atoms with Crippen molar-refractivity contribution in [1.82, 2.24) is 20.4 Å². The highest BCUT2D eigenvalue weighted by Crippen LogP contribution is 2.14. The number of hydrogen-bond donors (Lipinski definition) is 1. The largest absolute Gasteiger partial charge is 0.361 e. The van der Waals surface area contributed by atoms with E-state index in [4.69, 9.17) is 4.52 Å². The molecule has 0 aromatic carbocycles. The van der Waals surface area contributed by atoms with Crippen molar-refractivity contribution >= 4 is 6.03 Å². The Morgan fingerprint density at radius 2 is 2.05 bits per heavy atom. The lowest BCUT2D eigenvalue weighted by Gasteiger charge is -2.17. The molecule has 2 amide bonds. The molecule has 0 atom stereocenters. The summed E-state index contributed by atoms with van der Waals surface area (Å²) >= 11 is 0. The minimum absolute atomic E-state index is 0.137. The van der Waals surface area contributed by atoms with Crippen LogP contribution in [0.1, 0.15) is 22.6 Å². The van der Waals surface area contributed by atoms with Crippen LogP contribution in [0.2, 0.25) is 0 Å². The lowest BCUT2D eigenvalue weighted by Crippen LogP contribution is -2.36. The van der Waals surface area contributed by atoms with E-state index in [9.17, 15) is 4.79 Å². The minimum atomic E-state index is -0.137. The second-order valence-electron chi connectivity index (χ2n) is 4.67. The molecule has 0 unspecified atom stereocenters. The highest BCUT2D eigenvalue weighted by atomic mass is 16.5. The summed E-state index contributed by atoms with van der Waals surface area (Å²) in [5.74, 6) is 0.747. The predicted molar refractivity (Wildman–Crippen MR) is 73.9 cm³/mol. The van der Waals surface area contributed by atoms with E-state index >= 15 is 0 Å². The molecule has 2 rings (SSSR count). The molecule has 0 aliphatic heterocycles. The maximum absolute atomic E-state index is 12.0. The minimum Gasteiger partial charge on any atom is -0.361 e. The van der Waals surface area contributed by atoms with Gasteiger partial charge >= 0.3 is 6.03 Å². The van der Waals surface area contributed by atoms with Gasteiger partial charge in [0.05, 0.1) is 12.2 Å². The van der Waals surface area contributed by atoms with Crippen LogP contribution in [0.25, 0.3) is 0 Å². The van der Waals surface area contributed by atoms with Crippen molar-refractivity contribution < 1.29 is 9.32 Å². The van der Waals surface area contributed by atoms with Gasteiger partial charge in [-0.2, -0.15) is 0 Å². The number of urea groups is 1. The molecule has 0 spiro atoms. The Hall–Kier alpha value is -2.37. The van der Waals surface area contributed by atoms with Crippen molar-refractivity contribution in [2.24, 2.45) is 0 Å². The van der Waals surface area contributed by atoms with Gasteiger partial charge in [0.25, 0.3) is 0 Å². The number of pyridine rings is 1. The summed E-state index contributed by atoms with van der Waals surface area (Å²) in [6.45, 7) is 4.67. The number of carbonyl (C=O) groups is 1. The number of carbonyl (C=O) groups excluding carboxylic acids is 1. The Kier molecular flexibility index (Phi) is 4.34. The Balaban J connectivity index is 1.89. The molecule has 106 valence electrons. The standard InChI is InChI=1S/C14H18N4O2/c1-10-13(11(2)20-17-10)9-18(3)14(19)16-8-12-4-6-15-7-5-12/h4-7H,8-9H2,1-3H3,(H,16,19). The molecule has 0 saturated heterocycles. The number of nitrogens with one attached hydrogen (secondary N) is 1. The van der Waals surface area contributed by atoms with E-state index < -0.39 is 0 Å². The molecule has 0 aliphatic carbocycles. The summed E-state index contributed by atoms with van der Waals surface area (Å²) in [4.78, 5) is 17.6. The van der Waals surface area contributed by atoms with E-state index in [1.54, 1.807) is 24.3 Å². The van der Waals surface area contributed by atoms with Gasteiger partial charge in [-0.1, -0.05) is 5.16 Å². The fraction of sp³-hybridized carbons (Fsp3) is 0.357. The second kappa shape index (κ2) is 6.18. The molecule has 6 heteroatoms. The zero-order valence-corrected chi connectivity index (χ0v) is 11.9. The normalized spacial score (nSPS) is 10.3. The number of aryl methyl sites for hydroxylation is 2. The molecule has 6 nitrogen and oxygen atoms in total. The first-order chi connectivity index (χ1) is 9.58. The topological polar surface area (TPSA) is 71.3 Å². The number of nitrogens with zero attached hydrogens (tertiary/aromatic N) is 3. The third kappa shape index (κ3) is 3.34. The average molecular weight is 274 g/mol. The van der Waals surface area contributed by atoms with Crippen LogP contribution in [0.3, 0.4) is 0 Å². The van der Waals surface area contributed by atoms with Gasteiger partial charge < -0.3 is 14.7 Å². The van der Waals surface area contributed by atoms with Crippen molar-refractivity contribution in [3.05, 3.63) is 47.1 Å². The molecule has 0 saturated carbocycles. The van der Waals surface area contributed by atoms with Crippen molar-refractivity contribution in [2.75, 3.05) is 7.05 Å². The zero-order chi connectivity index (χ0) is 14.5. The third-order valence-corrected chi connectivity index (χ3v) is 3.12. The number of rotatable bonds is 4. The molecular formula is C14H18N4O2. The van der Waals surface area contributed by atoms with Crippen molar-refractivity contribution in [3.63, 3.8) is 0 Å². The summed E-state index contributed by atoms with van der Waals surface area (Å²) in [5, 5.41) is 6.74. The fourth-order valence-electron chi connectivity index (χ4n) is 1.85. The van der Waals surface area contributed by atoms with E-state index in [-0.39, 0.29) is 6.03 Å². The maximum atomic E-state index is 12.0. The summed E-state index contributed by atoms with van der Waals surface area (Å²) in [7, 11) is 1.74. The molecule has 0 bridgehead atoms. The summed E-state index contributed by atoms with van der Waals surface area (Å²) < 4.78 is 5.09. The van der Waals surface area contributed by atoms with E-state index in [1.165, 1.54) is 0 Å². The van der Waals surface area contributed by atoms with Crippen LogP contribution >= 0.6 is 0 Å². The second-order valence-corrected chi connectivity index (χ2v) is 4.67. The molecule has 0 radical (unpaired) electrons. The van der Waals surface area contributed by atoms with E-state index in [1.807, 2.05) is 26.0 Å². The Labute approximate surface area is 117 Å². The molecule has 0 fully saturated rings. The smallest absolute Gasteiger partial charge is 0.317 e. The molecule has 20 heavy (non-hydrogen) atoms. The SMILES string of the molecule is Cc1noc(C)c1CN(C)C(=O)NCc1ccncc1. The van der Waals surface area contributed by atoms with E-state index in [0.717, 1.165) is 22.6 Å². The highest BCUT2D eigenvalue weighted by molar-refractivity contribution is 5.73. The van der Waals surface area contributed by atoms with Crippen LogP contribution in [0.4, 0.5) is 4.79 Å². The zero-order valence-electron chi connectivity index (χ0n) is 11.9. The fourth-order valence-corrected chi connectivity index (χ4v) is 1.85. The quantitative estimate of drug-likeness (QED) is 0.926. The van der Waals surface area contributed by atoms with Gasteiger partial charge in [-0.15, -0.1) is 0 Å². The van der Waals surface area contributed by atoms with E-state index in [0.29, 0.717) is 13.1 Å². The lowest BCUT2D eigenvalue weighted by atomic mass is 10.2.